The van der Waals surface area contributed by atoms with Gasteiger partial charge < -0.3 is 19.9 Å². The van der Waals surface area contributed by atoms with E-state index >= 15 is 0 Å². The zero-order valence-corrected chi connectivity index (χ0v) is 15.9. The molecular formula is C19H22BrNO4. The molecule has 0 saturated carbocycles. The van der Waals surface area contributed by atoms with Crippen LogP contribution in [0.25, 0.3) is 0 Å². The monoisotopic (exact) mass is 407 g/mol. The van der Waals surface area contributed by atoms with Crippen molar-refractivity contribution in [3.8, 4) is 11.5 Å². The third-order valence-electron chi connectivity index (χ3n) is 3.86. The molecule has 0 unspecified atom stereocenters. The van der Waals surface area contributed by atoms with Gasteiger partial charge in [0.05, 0.1) is 20.3 Å². The first-order chi connectivity index (χ1) is 12.0. The van der Waals surface area contributed by atoms with E-state index in [2.05, 4.69) is 21.2 Å². The number of nitrogens with one attached hydrogen (secondary N) is 1. The number of halogens is 1. The Bertz CT molecular complexity index is 720. The molecule has 0 aromatic heterocycles. The van der Waals surface area contributed by atoms with E-state index in [0.29, 0.717) is 29.9 Å². The predicted octanol–water partition coefficient (Wildman–Crippen LogP) is 3.25. The van der Waals surface area contributed by atoms with Crippen molar-refractivity contribution in [1.82, 2.24) is 5.32 Å². The summed E-state index contributed by atoms with van der Waals surface area (Å²) in [5.41, 5.74) is 1.74. The Kier molecular flexibility index (Phi) is 7.28. The van der Waals surface area contributed by atoms with E-state index in [9.17, 15) is 9.90 Å². The summed E-state index contributed by atoms with van der Waals surface area (Å²) in [5, 5.41) is 13.0. The molecule has 25 heavy (non-hydrogen) atoms. The highest BCUT2D eigenvalue weighted by molar-refractivity contribution is 9.10. The molecular weight excluding hydrogens is 386 g/mol. The van der Waals surface area contributed by atoms with E-state index in [1.54, 1.807) is 25.3 Å². The summed E-state index contributed by atoms with van der Waals surface area (Å²) in [6, 6.07) is 13.0. The third kappa shape index (κ3) is 5.47. The highest BCUT2D eigenvalue weighted by atomic mass is 79.9. The zero-order chi connectivity index (χ0) is 18.2. The average Bonchev–Trinajstić information content (AvgIpc) is 2.64. The SMILES string of the molecule is COc1ccc([C@@H](O)CNC(=O)CCc2ccccc2Br)cc1OC. The summed E-state index contributed by atoms with van der Waals surface area (Å²) in [6.07, 6.45) is 0.188. The second-order valence-corrected chi connectivity index (χ2v) is 6.38. The molecule has 2 rings (SSSR count). The zero-order valence-electron chi connectivity index (χ0n) is 14.3. The number of carbonyl (C=O) groups is 1. The lowest BCUT2D eigenvalue weighted by atomic mass is 10.1. The van der Waals surface area contributed by atoms with Gasteiger partial charge in [-0.2, -0.15) is 0 Å². The van der Waals surface area contributed by atoms with Crippen molar-refractivity contribution in [3.05, 3.63) is 58.1 Å². The highest BCUT2D eigenvalue weighted by Crippen LogP contribution is 2.29. The van der Waals surface area contributed by atoms with Crippen LogP contribution in [0.3, 0.4) is 0 Å². The molecule has 5 nitrogen and oxygen atoms in total. The number of aliphatic hydroxyl groups excluding tert-OH is 1. The fraction of sp³-hybridized carbons (Fsp3) is 0.316. The van der Waals surface area contributed by atoms with Gasteiger partial charge in [0.25, 0.3) is 0 Å². The predicted molar refractivity (Wildman–Crippen MR) is 100.0 cm³/mol. The van der Waals surface area contributed by atoms with Gasteiger partial charge in [-0.1, -0.05) is 40.2 Å². The molecule has 2 N–H and O–H groups in total. The van der Waals surface area contributed by atoms with Gasteiger partial charge in [0, 0.05) is 17.4 Å². The Balaban J connectivity index is 1.86. The standard InChI is InChI=1S/C19H22BrNO4/c1-24-17-9-7-14(11-18(17)25-2)16(22)12-21-19(23)10-8-13-5-3-4-6-15(13)20/h3-7,9,11,16,22H,8,10,12H2,1-2H3,(H,21,23)/t16-/m0/s1. The van der Waals surface area contributed by atoms with E-state index in [4.69, 9.17) is 9.47 Å². The summed E-state index contributed by atoms with van der Waals surface area (Å²) in [7, 11) is 3.09. The maximum absolute atomic E-state index is 12.0. The molecule has 0 heterocycles. The van der Waals surface area contributed by atoms with Crippen LogP contribution >= 0.6 is 15.9 Å². The van der Waals surface area contributed by atoms with Crippen LogP contribution in [-0.2, 0) is 11.2 Å². The second kappa shape index (κ2) is 9.44. The summed E-state index contributed by atoms with van der Waals surface area (Å²) in [5.74, 6) is 1.03. The maximum atomic E-state index is 12.0. The van der Waals surface area contributed by atoms with Gasteiger partial charge in [0.1, 0.15) is 0 Å². The molecule has 0 aliphatic rings. The van der Waals surface area contributed by atoms with Gasteiger partial charge in [-0.3, -0.25) is 4.79 Å². The molecule has 0 aliphatic heterocycles. The number of ether oxygens (including phenoxy) is 2. The normalized spacial score (nSPS) is 11.7. The van der Waals surface area contributed by atoms with Crippen molar-refractivity contribution < 1.29 is 19.4 Å². The van der Waals surface area contributed by atoms with Crippen LogP contribution < -0.4 is 14.8 Å². The third-order valence-corrected chi connectivity index (χ3v) is 4.64. The van der Waals surface area contributed by atoms with Crippen molar-refractivity contribution in [2.75, 3.05) is 20.8 Å². The minimum Gasteiger partial charge on any atom is -0.493 e. The van der Waals surface area contributed by atoms with E-state index in [0.717, 1.165) is 10.0 Å². The van der Waals surface area contributed by atoms with E-state index in [-0.39, 0.29) is 12.5 Å². The molecule has 0 spiro atoms. The lowest BCUT2D eigenvalue weighted by molar-refractivity contribution is -0.121. The van der Waals surface area contributed by atoms with Crippen LogP contribution in [0, 0.1) is 0 Å². The van der Waals surface area contributed by atoms with Crippen molar-refractivity contribution in [3.63, 3.8) is 0 Å². The molecule has 1 amide bonds. The Morgan fingerprint density at radius 3 is 2.56 bits per heavy atom. The van der Waals surface area contributed by atoms with Gasteiger partial charge >= 0.3 is 0 Å². The fourth-order valence-electron chi connectivity index (χ4n) is 2.43. The molecule has 0 radical (unpaired) electrons. The van der Waals surface area contributed by atoms with Crippen LogP contribution in [0.15, 0.2) is 46.9 Å². The first-order valence-electron chi connectivity index (χ1n) is 7.95. The lowest BCUT2D eigenvalue weighted by Crippen LogP contribution is -2.28. The minimum atomic E-state index is -0.813. The number of hydrogen-bond donors (Lipinski definition) is 2. The van der Waals surface area contributed by atoms with Gasteiger partial charge in [-0.05, 0) is 35.7 Å². The minimum absolute atomic E-state index is 0.102. The van der Waals surface area contributed by atoms with Crippen LogP contribution in [0.5, 0.6) is 11.5 Å². The van der Waals surface area contributed by atoms with Crippen LogP contribution in [-0.4, -0.2) is 31.8 Å². The number of rotatable bonds is 8. The Labute approximate surface area is 156 Å². The number of aryl methyl sites for hydroxylation is 1. The Hall–Kier alpha value is -2.05. The fourth-order valence-corrected chi connectivity index (χ4v) is 2.91. The first kappa shape index (κ1) is 19.3. The quantitative estimate of drug-likeness (QED) is 0.704. The van der Waals surface area contributed by atoms with Crippen molar-refractivity contribution in [2.45, 2.75) is 18.9 Å². The van der Waals surface area contributed by atoms with E-state index in [1.165, 1.54) is 7.11 Å². The number of amides is 1. The van der Waals surface area contributed by atoms with Crippen LogP contribution in [0.4, 0.5) is 0 Å². The van der Waals surface area contributed by atoms with Gasteiger partial charge in [-0.15, -0.1) is 0 Å². The molecule has 0 fully saturated rings. The van der Waals surface area contributed by atoms with Crippen LogP contribution in [0.2, 0.25) is 0 Å². The molecule has 2 aromatic rings. The average molecular weight is 408 g/mol. The summed E-state index contributed by atoms with van der Waals surface area (Å²) in [6.45, 7) is 0.143. The lowest BCUT2D eigenvalue weighted by Gasteiger charge is -2.15. The van der Waals surface area contributed by atoms with Crippen LogP contribution in [0.1, 0.15) is 23.7 Å². The van der Waals surface area contributed by atoms with Crippen molar-refractivity contribution in [2.24, 2.45) is 0 Å². The number of aliphatic hydroxyl groups is 1. The van der Waals surface area contributed by atoms with Gasteiger partial charge in [-0.25, -0.2) is 0 Å². The highest BCUT2D eigenvalue weighted by Gasteiger charge is 2.13. The van der Waals surface area contributed by atoms with Gasteiger partial charge in [0.2, 0.25) is 5.91 Å². The summed E-state index contributed by atoms with van der Waals surface area (Å²) in [4.78, 5) is 12.0. The molecule has 0 saturated heterocycles. The number of benzene rings is 2. The smallest absolute Gasteiger partial charge is 0.220 e. The summed E-state index contributed by atoms with van der Waals surface area (Å²) < 4.78 is 11.4. The largest absolute Gasteiger partial charge is 0.493 e. The topological polar surface area (TPSA) is 67.8 Å². The molecule has 1 atom stereocenters. The molecule has 6 heteroatoms. The molecule has 2 aromatic carbocycles. The van der Waals surface area contributed by atoms with Crippen molar-refractivity contribution in [1.29, 1.82) is 0 Å². The first-order valence-corrected chi connectivity index (χ1v) is 8.74. The molecule has 134 valence electrons. The Morgan fingerprint density at radius 2 is 1.88 bits per heavy atom. The summed E-state index contributed by atoms with van der Waals surface area (Å²) >= 11 is 3.47. The van der Waals surface area contributed by atoms with Gasteiger partial charge in [0.15, 0.2) is 11.5 Å². The number of methoxy groups -OCH3 is 2. The molecule has 0 bridgehead atoms. The Morgan fingerprint density at radius 1 is 1.16 bits per heavy atom. The number of carbonyl (C=O) groups excluding carboxylic acids is 1. The number of hydrogen-bond acceptors (Lipinski definition) is 4. The molecule has 0 aliphatic carbocycles. The van der Waals surface area contributed by atoms with Crippen molar-refractivity contribution >= 4 is 21.8 Å². The van der Waals surface area contributed by atoms with E-state index in [1.807, 2.05) is 24.3 Å². The maximum Gasteiger partial charge on any atom is 0.220 e. The van der Waals surface area contributed by atoms with E-state index < -0.39 is 6.10 Å². The second-order valence-electron chi connectivity index (χ2n) is 5.53.